The van der Waals surface area contributed by atoms with Crippen LogP contribution >= 0.6 is 11.3 Å². The van der Waals surface area contributed by atoms with Crippen LogP contribution in [0.4, 0.5) is 5.88 Å². The van der Waals surface area contributed by atoms with Gasteiger partial charge in [-0.15, -0.1) is 0 Å². The zero-order valence-corrected chi connectivity index (χ0v) is 13.4. The monoisotopic (exact) mass is 343 g/mol. The SMILES string of the molecule is COc1ccc(C(=O)Nc2onc(-c3ccsc3)c2C(N)=O)cc1. The van der Waals surface area contributed by atoms with Gasteiger partial charge < -0.3 is 15.0 Å². The fraction of sp³-hybridized carbons (Fsp3) is 0.0625. The van der Waals surface area contributed by atoms with Gasteiger partial charge in [0.25, 0.3) is 11.8 Å². The third-order valence-corrected chi connectivity index (χ3v) is 4.00. The fourth-order valence-electron chi connectivity index (χ4n) is 2.12. The molecule has 0 aliphatic rings. The highest BCUT2D eigenvalue weighted by molar-refractivity contribution is 7.08. The Hall–Kier alpha value is -3.13. The molecule has 24 heavy (non-hydrogen) atoms. The lowest BCUT2D eigenvalue weighted by Gasteiger charge is -2.04. The normalized spacial score (nSPS) is 10.4. The number of methoxy groups -OCH3 is 1. The number of nitrogens with two attached hydrogens (primary N) is 1. The van der Waals surface area contributed by atoms with Crippen molar-refractivity contribution >= 4 is 29.0 Å². The van der Waals surface area contributed by atoms with E-state index in [2.05, 4.69) is 10.5 Å². The summed E-state index contributed by atoms with van der Waals surface area (Å²) in [7, 11) is 1.54. The number of rotatable bonds is 5. The molecule has 2 aromatic heterocycles. The van der Waals surface area contributed by atoms with Crippen molar-refractivity contribution in [1.82, 2.24) is 5.16 Å². The van der Waals surface area contributed by atoms with Gasteiger partial charge in [-0.25, -0.2) is 0 Å². The number of ether oxygens (including phenoxy) is 1. The van der Waals surface area contributed by atoms with Gasteiger partial charge in [-0.3, -0.25) is 14.9 Å². The van der Waals surface area contributed by atoms with E-state index in [9.17, 15) is 9.59 Å². The van der Waals surface area contributed by atoms with Crippen molar-refractivity contribution in [2.45, 2.75) is 0 Å². The minimum absolute atomic E-state index is 0.0373. The van der Waals surface area contributed by atoms with Crippen molar-refractivity contribution < 1.29 is 18.8 Å². The van der Waals surface area contributed by atoms with E-state index in [0.29, 0.717) is 22.6 Å². The predicted octanol–water partition coefficient (Wildman–Crippen LogP) is 2.76. The summed E-state index contributed by atoms with van der Waals surface area (Å²) in [5.74, 6) is -0.635. The number of primary amides is 1. The zero-order chi connectivity index (χ0) is 17.1. The van der Waals surface area contributed by atoms with Crippen LogP contribution in [0, 0.1) is 0 Å². The molecule has 0 aliphatic carbocycles. The predicted molar refractivity (Wildman–Crippen MR) is 89.3 cm³/mol. The first-order valence-corrected chi connectivity index (χ1v) is 7.82. The highest BCUT2D eigenvalue weighted by Gasteiger charge is 2.24. The number of aromatic nitrogens is 1. The summed E-state index contributed by atoms with van der Waals surface area (Å²) in [6.45, 7) is 0. The largest absolute Gasteiger partial charge is 0.497 e. The van der Waals surface area contributed by atoms with E-state index in [1.807, 2.05) is 5.38 Å². The molecular formula is C16H13N3O4S. The van der Waals surface area contributed by atoms with Gasteiger partial charge in [-0.1, -0.05) is 5.16 Å². The number of amides is 2. The number of nitrogens with zero attached hydrogens (tertiary/aromatic N) is 1. The molecule has 8 heteroatoms. The van der Waals surface area contributed by atoms with Gasteiger partial charge in [0, 0.05) is 16.5 Å². The van der Waals surface area contributed by atoms with Gasteiger partial charge >= 0.3 is 0 Å². The number of anilines is 1. The van der Waals surface area contributed by atoms with Crippen molar-refractivity contribution in [2.75, 3.05) is 12.4 Å². The quantitative estimate of drug-likeness (QED) is 0.740. The molecule has 0 fully saturated rings. The molecule has 0 aliphatic heterocycles. The number of carbonyl (C=O) groups is 2. The van der Waals surface area contributed by atoms with E-state index >= 15 is 0 Å². The van der Waals surface area contributed by atoms with E-state index in [1.54, 1.807) is 35.7 Å². The summed E-state index contributed by atoms with van der Waals surface area (Å²) in [6.07, 6.45) is 0. The van der Waals surface area contributed by atoms with Gasteiger partial charge in [-0.2, -0.15) is 11.3 Å². The summed E-state index contributed by atoms with van der Waals surface area (Å²) in [5.41, 5.74) is 6.82. The van der Waals surface area contributed by atoms with Crippen LogP contribution in [0.25, 0.3) is 11.3 Å². The maximum Gasteiger partial charge on any atom is 0.258 e. The Bertz CT molecular complexity index is 869. The van der Waals surface area contributed by atoms with E-state index in [-0.39, 0.29) is 11.4 Å². The Kier molecular flexibility index (Phi) is 4.30. The van der Waals surface area contributed by atoms with E-state index in [1.165, 1.54) is 18.4 Å². The smallest absolute Gasteiger partial charge is 0.258 e. The first-order valence-electron chi connectivity index (χ1n) is 6.87. The van der Waals surface area contributed by atoms with E-state index in [4.69, 9.17) is 15.0 Å². The second-order valence-corrected chi connectivity index (χ2v) is 5.57. The number of benzene rings is 1. The molecule has 2 heterocycles. The maximum atomic E-state index is 12.3. The maximum absolute atomic E-state index is 12.3. The van der Waals surface area contributed by atoms with Gasteiger partial charge in [0.05, 0.1) is 7.11 Å². The Balaban J connectivity index is 1.89. The molecule has 7 nitrogen and oxygen atoms in total. The lowest BCUT2D eigenvalue weighted by molar-refractivity contribution is 0.100. The highest BCUT2D eigenvalue weighted by Crippen LogP contribution is 2.30. The number of thiophene rings is 1. The summed E-state index contributed by atoms with van der Waals surface area (Å²) >= 11 is 1.45. The number of nitrogens with one attached hydrogen (secondary N) is 1. The lowest BCUT2D eigenvalue weighted by Crippen LogP contribution is -2.17. The van der Waals surface area contributed by atoms with Crippen LogP contribution in [0.15, 0.2) is 45.6 Å². The Labute approximate surface area is 141 Å². The highest BCUT2D eigenvalue weighted by atomic mass is 32.1. The van der Waals surface area contributed by atoms with Gasteiger partial charge in [0.1, 0.15) is 17.0 Å². The topological polar surface area (TPSA) is 107 Å². The molecule has 0 unspecified atom stereocenters. The zero-order valence-electron chi connectivity index (χ0n) is 12.6. The van der Waals surface area contributed by atoms with Gasteiger partial charge in [-0.05, 0) is 35.7 Å². The number of hydrogen-bond acceptors (Lipinski definition) is 6. The molecule has 0 atom stereocenters. The standard InChI is InChI=1S/C16H13N3O4S/c1-22-11-4-2-9(3-5-11)15(21)18-16-12(14(17)20)13(19-23-16)10-6-7-24-8-10/h2-8H,1H3,(H2,17,20)(H,18,21). The molecule has 0 saturated carbocycles. The minimum Gasteiger partial charge on any atom is -0.497 e. The lowest BCUT2D eigenvalue weighted by atomic mass is 10.1. The van der Waals surface area contributed by atoms with Crippen LogP contribution in [0.5, 0.6) is 5.75 Å². The van der Waals surface area contributed by atoms with Crippen molar-refractivity contribution in [3.63, 3.8) is 0 Å². The Morgan fingerprint density at radius 3 is 2.58 bits per heavy atom. The molecule has 0 saturated heterocycles. The third kappa shape index (κ3) is 2.99. The van der Waals surface area contributed by atoms with Crippen molar-refractivity contribution in [2.24, 2.45) is 5.73 Å². The first kappa shape index (κ1) is 15.8. The summed E-state index contributed by atoms with van der Waals surface area (Å²) in [4.78, 5) is 24.1. The van der Waals surface area contributed by atoms with Crippen molar-refractivity contribution in [1.29, 1.82) is 0 Å². The average molecular weight is 343 g/mol. The molecule has 2 amide bonds. The van der Waals surface area contributed by atoms with E-state index < -0.39 is 11.8 Å². The first-order chi connectivity index (χ1) is 11.6. The molecule has 3 aromatic rings. The fourth-order valence-corrected chi connectivity index (χ4v) is 2.76. The average Bonchev–Trinajstić information content (AvgIpc) is 3.23. The van der Waals surface area contributed by atoms with Crippen LogP contribution in [0.2, 0.25) is 0 Å². The van der Waals surface area contributed by atoms with Crippen LogP contribution in [0.1, 0.15) is 20.7 Å². The second-order valence-electron chi connectivity index (χ2n) is 4.79. The number of hydrogen-bond donors (Lipinski definition) is 2. The summed E-state index contributed by atoms with van der Waals surface area (Å²) in [5, 5.41) is 10.0. The van der Waals surface area contributed by atoms with Gasteiger partial charge in [0.15, 0.2) is 0 Å². The van der Waals surface area contributed by atoms with Crippen molar-refractivity contribution in [3.05, 3.63) is 52.2 Å². The summed E-state index contributed by atoms with van der Waals surface area (Å²) in [6, 6.07) is 8.27. The summed E-state index contributed by atoms with van der Waals surface area (Å²) < 4.78 is 10.2. The molecular weight excluding hydrogens is 330 g/mol. The van der Waals surface area contributed by atoms with Gasteiger partial charge in [0.2, 0.25) is 5.88 Å². The second kappa shape index (κ2) is 6.55. The third-order valence-electron chi connectivity index (χ3n) is 3.31. The Morgan fingerprint density at radius 2 is 2.00 bits per heavy atom. The van der Waals surface area contributed by atoms with E-state index in [0.717, 1.165) is 0 Å². The number of carbonyl (C=O) groups excluding carboxylic acids is 2. The molecule has 0 radical (unpaired) electrons. The molecule has 0 bridgehead atoms. The van der Waals surface area contributed by atoms with Crippen LogP contribution in [-0.2, 0) is 0 Å². The van der Waals surface area contributed by atoms with Crippen LogP contribution in [0.3, 0.4) is 0 Å². The molecule has 1 aromatic carbocycles. The molecule has 3 rings (SSSR count). The Morgan fingerprint density at radius 1 is 1.25 bits per heavy atom. The molecule has 3 N–H and O–H groups in total. The van der Waals surface area contributed by atoms with Crippen LogP contribution in [-0.4, -0.2) is 24.1 Å². The van der Waals surface area contributed by atoms with Crippen molar-refractivity contribution in [3.8, 4) is 17.0 Å². The van der Waals surface area contributed by atoms with Crippen LogP contribution < -0.4 is 15.8 Å². The minimum atomic E-state index is -0.734. The molecule has 0 spiro atoms. The molecule has 122 valence electrons.